The first kappa shape index (κ1) is 12.6. The van der Waals surface area contributed by atoms with E-state index in [0.29, 0.717) is 6.54 Å². The Labute approximate surface area is 81.1 Å². The molecule has 0 radical (unpaired) electrons. The normalized spacial score (nSPS) is 14.7. The van der Waals surface area contributed by atoms with Gasteiger partial charge in [0.2, 0.25) is 0 Å². The lowest BCUT2D eigenvalue weighted by Gasteiger charge is -2.27. The Bertz CT molecular complexity index is 170. The van der Waals surface area contributed by atoms with E-state index in [0.717, 1.165) is 0 Å². The van der Waals surface area contributed by atoms with Crippen molar-refractivity contribution >= 4 is 5.78 Å². The lowest BCUT2D eigenvalue weighted by atomic mass is 10.1. The zero-order valence-corrected chi connectivity index (χ0v) is 9.55. The van der Waals surface area contributed by atoms with Crippen molar-refractivity contribution in [1.82, 2.24) is 4.90 Å². The first-order chi connectivity index (χ1) is 5.72. The van der Waals surface area contributed by atoms with E-state index in [2.05, 4.69) is 0 Å². The zero-order chi connectivity index (χ0) is 10.6. The van der Waals surface area contributed by atoms with Crippen LogP contribution < -0.4 is 0 Å². The Morgan fingerprint density at radius 1 is 1.38 bits per heavy atom. The molecule has 0 heterocycles. The molecule has 0 aliphatic heterocycles. The summed E-state index contributed by atoms with van der Waals surface area (Å²) in [4.78, 5) is 13.2. The highest BCUT2D eigenvalue weighted by Crippen LogP contribution is 2.11. The van der Waals surface area contributed by atoms with E-state index in [1.165, 1.54) is 0 Å². The minimum atomic E-state index is -0.310. The van der Waals surface area contributed by atoms with Gasteiger partial charge in [-0.05, 0) is 41.8 Å². The smallest absolute Gasteiger partial charge is 0.159 e. The fourth-order valence-electron chi connectivity index (χ4n) is 1.01. The predicted octanol–water partition coefficient (Wildman–Crippen LogP) is 1.32. The lowest BCUT2D eigenvalue weighted by Crippen LogP contribution is -2.39. The van der Waals surface area contributed by atoms with E-state index < -0.39 is 0 Å². The van der Waals surface area contributed by atoms with Gasteiger partial charge in [-0.2, -0.15) is 0 Å². The number of ether oxygens (including phenoxy) is 1. The highest BCUT2D eigenvalue weighted by Gasteiger charge is 2.22. The number of likely N-dealkylation sites (N-methyl/N-ethyl adjacent to an activating group) is 1. The van der Waals surface area contributed by atoms with Crippen LogP contribution in [0.15, 0.2) is 0 Å². The summed E-state index contributed by atoms with van der Waals surface area (Å²) in [7, 11) is 3.86. The van der Waals surface area contributed by atoms with Crippen LogP contribution in [0.25, 0.3) is 0 Å². The third-order valence-corrected chi connectivity index (χ3v) is 1.48. The second-order valence-corrected chi connectivity index (χ2v) is 4.59. The molecule has 78 valence electrons. The van der Waals surface area contributed by atoms with Crippen molar-refractivity contribution in [2.24, 2.45) is 0 Å². The second kappa shape index (κ2) is 4.72. The van der Waals surface area contributed by atoms with E-state index in [4.69, 9.17) is 4.74 Å². The third kappa shape index (κ3) is 6.72. The molecule has 3 heteroatoms. The summed E-state index contributed by atoms with van der Waals surface area (Å²) in [5.41, 5.74) is -0.258. The quantitative estimate of drug-likeness (QED) is 0.665. The van der Waals surface area contributed by atoms with Gasteiger partial charge in [0, 0.05) is 6.54 Å². The maximum atomic E-state index is 11.2. The van der Waals surface area contributed by atoms with E-state index in [1.54, 1.807) is 6.92 Å². The van der Waals surface area contributed by atoms with Gasteiger partial charge in [-0.1, -0.05) is 0 Å². The van der Waals surface area contributed by atoms with E-state index >= 15 is 0 Å². The van der Waals surface area contributed by atoms with Crippen LogP contribution in [-0.4, -0.2) is 43.0 Å². The van der Waals surface area contributed by atoms with Crippen molar-refractivity contribution in [3.63, 3.8) is 0 Å². The molecule has 0 aliphatic carbocycles. The van der Waals surface area contributed by atoms with Crippen LogP contribution in [0.2, 0.25) is 0 Å². The van der Waals surface area contributed by atoms with Crippen LogP contribution in [0.1, 0.15) is 27.7 Å². The maximum absolute atomic E-state index is 11.2. The highest BCUT2D eigenvalue weighted by molar-refractivity contribution is 5.80. The zero-order valence-electron chi connectivity index (χ0n) is 9.55. The van der Waals surface area contributed by atoms with Crippen LogP contribution in [0.3, 0.4) is 0 Å². The molecule has 0 spiro atoms. The molecular formula is C10H21NO2. The molecule has 0 saturated carbocycles. The fourth-order valence-corrected chi connectivity index (χ4v) is 1.01. The molecular weight excluding hydrogens is 166 g/mol. The number of Topliss-reactive ketones (excluding diaryl/α,β-unsaturated/α-hetero) is 1. The molecule has 0 unspecified atom stereocenters. The Kier molecular flexibility index (Phi) is 4.57. The highest BCUT2D eigenvalue weighted by atomic mass is 16.5. The second-order valence-electron chi connectivity index (χ2n) is 4.59. The molecule has 0 fully saturated rings. The van der Waals surface area contributed by atoms with E-state index in [9.17, 15) is 4.79 Å². The Balaban J connectivity index is 4.19. The summed E-state index contributed by atoms with van der Waals surface area (Å²) in [5, 5.41) is 0. The van der Waals surface area contributed by atoms with Gasteiger partial charge >= 0.3 is 0 Å². The van der Waals surface area contributed by atoms with Crippen LogP contribution in [0.5, 0.6) is 0 Å². The average molecular weight is 187 g/mol. The molecule has 0 bridgehead atoms. The summed E-state index contributed by atoms with van der Waals surface area (Å²) >= 11 is 0. The summed E-state index contributed by atoms with van der Waals surface area (Å²) in [6, 6.07) is 0. The predicted molar refractivity (Wildman–Crippen MR) is 53.9 cm³/mol. The topological polar surface area (TPSA) is 29.5 Å². The van der Waals surface area contributed by atoms with Gasteiger partial charge in [0.1, 0.15) is 6.10 Å². The SMILES string of the molecule is CC(=O)[C@@H](CN(C)C)OC(C)(C)C. The monoisotopic (exact) mass is 187 g/mol. The number of hydrogen-bond acceptors (Lipinski definition) is 3. The summed E-state index contributed by atoms with van der Waals surface area (Å²) < 4.78 is 5.62. The van der Waals surface area contributed by atoms with Gasteiger partial charge in [0.25, 0.3) is 0 Å². The van der Waals surface area contributed by atoms with E-state index in [1.807, 2.05) is 39.8 Å². The number of carbonyl (C=O) groups excluding carboxylic acids is 1. The number of carbonyl (C=O) groups is 1. The van der Waals surface area contributed by atoms with E-state index in [-0.39, 0.29) is 17.5 Å². The van der Waals surface area contributed by atoms with Gasteiger partial charge in [-0.3, -0.25) is 4.79 Å². The van der Waals surface area contributed by atoms with Gasteiger partial charge in [0.05, 0.1) is 5.60 Å². The molecule has 0 aromatic heterocycles. The van der Waals surface area contributed by atoms with Crippen molar-refractivity contribution < 1.29 is 9.53 Å². The largest absolute Gasteiger partial charge is 0.364 e. The summed E-state index contributed by atoms with van der Waals surface area (Å²) in [5.74, 6) is 0.0867. The van der Waals surface area contributed by atoms with Crippen molar-refractivity contribution in [2.45, 2.75) is 39.4 Å². The molecule has 0 N–H and O–H groups in total. The molecule has 0 rings (SSSR count). The minimum absolute atomic E-state index is 0.0867. The molecule has 3 nitrogen and oxygen atoms in total. The summed E-state index contributed by atoms with van der Waals surface area (Å²) in [6.07, 6.45) is -0.310. The molecule has 0 aromatic carbocycles. The minimum Gasteiger partial charge on any atom is -0.364 e. The molecule has 0 aliphatic rings. The Hall–Kier alpha value is -0.410. The van der Waals surface area contributed by atoms with Crippen LogP contribution in [0.4, 0.5) is 0 Å². The van der Waals surface area contributed by atoms with Crippen molar-refractivity contribution in [2.75, 3.05) is 20.6 Å². The molecule has 13 heavy (non-hydrogen) atoms. The first-order valence-electron chi connectivity index (χ1n) is 4.55. The van der Waals surface area contributed by atoms with Crippen molar-refractivity contribution in [1.29, 1.82) is 0 Å². The Morgan fingerprint density at radius 2 is 1.85 bits per heavy atom. The number of nitrogens with zero attached hydrogens (tertiary/aromatic N) is 1. The summed E-state index contributed by atoms with van der Waals surface area (Å²) in [6.45, 7) is 8.09. The van der Waals surface area contributed by atoms with Crippen LogP contribution in [0, 0.1) is 0 Å². The van der Waals surface area contributed by atoms with Gasteiger partial charge < -0.3 is 9.64 Å². The van der Waals surface area contributed by atoms with Gasteiger partial charge in [-0.25, -0.2) is 0 Å². The third-order valence-electron chi connectivity index (χ3n) is 1.48. The van der Waals surface area contributed by atoms with Crippen LogP contribution >= 0.6 is 0 Å². The standard InChI is InChI=1S/C10H21NO2/c1-8(12)9(7-11(5)6)13-10(2,3)4/h9H,7H2,1-6H3/t9-/m1/s1. The number of ketones is 1. The van der Waals surface area contributed by atoms with Crippen LogP contribution in [-0.2, 0) is 9.53 Å². The van der Waals surface area contributed by atoms with Crippen molar-refractivity contribution in [3.05, 3.63) is 0 Å². The molecule has 1 atom stereocenters. The molecule has 0 amide bonds. The average Bonchev–Trinajstić information content (AvgIpc) is 1.81. The number of hydrogen-bond donors (Lipinski definition) is 0. The Morgan fingerprint density at radius 3 is 2.08 bits per heavy atom. The van der Waals surface area contributed by atoms with Crippen molar-refractivity contribution in [3.8, 4) is 0 Å². The lowest BCUT2D eigenvalue weighted by molar-refractivity contribution is -0.139. The molecule has 0 saturated heterocycles. The van der Waals surface area contributed by atoms with Gasteiger partial charge in [-0.15, -0.1) is 0 Å². The fraction of sp³-hybridized carbons (Fsp3) is 0.900. The number of rotatable bonds is 4. The maximum Gasteiger partial charge on any atom is 0.159 e. The van der Waals surface area contributed by atoms with Gasteiger partial charge in [0.15, 0.2) is 5.78 Å². The molecule has 0 aromatic rings. The first-order valence-corrected chi connectivity index (χ1v) is 4.55.